The first-order chi connectivity index (χ1) is 7.41. The van der Waals surface area contributed by atoms with Gasteiger partial charge in [0.2, 0.25) is 0 Å². The third kappa shape index (κ3) is 2.78. The van der Waals surface area contributed by atoms with Gasteiger partial charge in [0.25, 0.3) is 5.91 Å². The number of aliphatic carboxylic acids is 1. The molecule has 0 bridgehead atoms. The Balaban J connectivity index is 2.73. The lowest BCUT2D eigenvalue weighted by Crippen LogP contribution is -2.44. The minimum Gasteiger partial charge on any atom is -0.480 e. The van der Waals surface area contributed by atoms with Crippen LogP contribution in [-0.2, 0) is 11.8 Å². The Hall–Kier alpha value is -1.92. The number of carboxylic acid groups (broad SMARTS) is 1. The van der Waals surface area contributed by atoms with Crippen LogP contribution in [-0.4, -0.2) is 38.0 Å². The molecule has 1 atom stereocenters. The Morgan fingerprint density at radius 3 is 2.50 bits per heavy atom. The Morgan fingerprint density at radius 1 is 1.50 bits per heavy atom. The van der Waals surface area contributed by atoms with E-state index in [1.807, 2.05) is 0 Å². The quantitative estimate of drug-likeness (QED) is 0.731. The summed E-state index contributed by atoms with van der Waals surface area (Å²) in [6.45, 7) is 3.44. The molecule has 1 aromatic heterocycles. The molecule has 0 aliphatic rings. The van der Waals surface area contributed by atoms with Gasteiger partial charge in [-0.25, -0.2) is 4.79 Å². The molecular formula is C9H14N4O3. The van der Waals surface area contributed by atoms with Crippen LogP contribution >= 0.6 is 0 Å². The van der Waals surface area contributed by atoms with Crippen molar-refractivity contribution < 1.29 is 14.7 Å². The van der Waals surface area contributed by atoms with Gasteiger partial charge in [0, 0.05) is 7.05 Å². The van der Waals surface area contributed by atoms with Gasteiger partial charge in [-0.15, -0.1) is 5.10 Å². The monoisotopic (exact) mass is 226 g/mol. The highest BCUT2D eigenvalue weighted by molar-refractivity contribution is 5.94. The predicted octanol–water partition coefficient (Wildman–Crippen LogP) is -0.346. The molecular weight excluding hydrogens is 212 g/mol. The van der Waals surface area contributed by atoms with E-state index in [1.165, 1.54) is 10.9 Å². The number of amides is 1. The lowest BCUT2D eigenvalue weighted by molar-refractivity contribution is -0.140. The van der Waals surface area contributed by atoms with Gasteiger partial charge in [0.05, 0.1) is 6.20 Å². The maximum atomic E-state index is 11.6. The van der Waals surface area contributed by atoms with Crippen molar-refractivity contribution in [1.29, 1.82) is 0 Å². The van der Waals surface area contributed by atoms with Gasteiger partial charge in [0.15, 0.2) is 5.69 Å². The smallest absolute Gasteiger partial charge is 0.326 e. The van der Waals surface area contributed by atoms with Gasteiger partial charge in [-0.2, -0.15) is 0 Å². The zero-order valence-electron chi connectivity index (χ0n) is 9.34. The first-order valence-electron chi connectivity index (χ1n) is 4.81. The molecule has 0 aliphatic carbocycles. The van der Waals surface area contributed by atoms with Crippen molar-refractivity contribution in [3.05, 3.63) is 11.9 Å². The SMILES string of the molecule is CC(C)C(NC(=O)c1cn(C)nn1)C(=O)O. The zero-order chi connectivity index (χ0) is 12.3. The largest absolute Gasteiger partial charge is 0.480 e. The van der Waals surface area contributed by atoms with E-state index in [2.05, 4.69) is 15.6 Å². The van der Waals surface area contributed by atoms with E-state index in [0.717, 1.165) is 0 Å². The van der Waals surface area contributed by atoms with Gasteiger partial charge < -0.3 is 10.4 Å². The van der Waals surface area contributed by atoms with E-state index in [4.69, 9.17) is 5.11 Å². The van der Waals surface area contributed by atoms with Crippen LogP contribution in [0.3, 0.4) is 0 Å². The Labute approximate surface area is 92.4 Å². The number of nitrogens with zero attached hydrogens (tertiary/aromatic N) is 3. The minimum absolute atomic E-state index is 0.106. The molecule has 1 amide bonds. The summed E-state index contributed by atoms with van der Waals surface area (Å²) in [6, 6.07) is -0.922. The number of nitrogens with one attached hydrogen (secondary N) is 1. The summed E-state index contributed by atoms with van der Waals surface area (Å²) in [6.07, 6.45) is 1.43. The molecule has 88 valence electrons. The fourth-order valence-corrected chi connectivity index (χ4v) is 1.18. The van der Waals surface area contributed by atoms with Crippen molar-refractivity contribution in [3.63, 3.8) is 0 Å². The molecule has 7 nitrogen and oxygen atoms in total. The lowest BCUT2D eigenvalue weighted by atomic mass is 10.0. The van der Waals surface area contributed by atoms with Crippen molar-refractivity contribution in [2.45, 2.75) is 19.9 Å². The van der Waals surface area contributed by atoms with Crippen LogP contribution in [0.5, 0.6) is 0 Å². The summed E-state index contributed by atoms with van der Waals surface area (Å²) in [5.41, 5.74) is 0.106. The number of aryl methyl sites for hydroxylation is 1. The molecule has 0 saturated carbocycles. The first kappa shape index (κ1) is 12.2. The second-order valence-corrected chi connectivity index (χ2v) is 3.81. The highest BCUT2D eigenvalue weighted by Gasteiger charge is 2.24. The summed E-state index contributed by atoms with van der Waals surface area (Å²) in [5.74, 6) is -1.79. The summed E-state index contributed by atoms with van der Waals surface area (Å²) >= 11 is 0. The van der Waals surface area contributed by atoms with E-state index in [9.17, 15) is 9.59 Å². The molecule has 0 spiro atoms. The average Bonchev–Trinajstić information content (AvgIpc) is 2.59. The van der Waals surface area contributed by atoms with Gasteiger partial charge >= 0.3 is 5.97 Å². The Bertz CT molecular complexity index is 399. The standard InChI is InChI=1S/C9H14N4O3/c1-5(2)7(9(15)16)10-8(14)6-4-13(3)12-11-6/h4-5,7H,1-3H3,(H,10,14)(H,15,16). The molecule has 2 N–H and O–H groups in total. The van der Waals surface area contributed by atoms with Crippen molar-refractivity contribution in [2.24, 2.45) is 13.0 Å². The van der Waals surface area contributed by atoms with E-state index >= 15 is 0 Å². The normalized spacial score (nSPS) is 12.5. The highest BCUT2D eigenvalue weighted by Crippen LogP contribution is 2.03. The van der Waals surface area contributed by atoms with Crippen LogP contribution in [0.2, 0.25) is 0 Å². The second-order valence-electron chi connectivity index (χ2n) is 3.81. The summed E-state index contributed by atoms with van der Waals surface area (Å²) < 4.78 is 1.38. The zero-order valence-corrected chi connectivity index (χ0v) is 9.34. The molecule has 1 heterocycles. The summed E-state index contributed by atoms with van der Waals surface area (Å²) in [5, 5.41) is 18.5. The van der Waals surface area contributed by atoms with Crippen LogP contribution in [0.4, 0.5) is 0 Å². The minimum atomic E-state index is -1.06. The fourth-order valence-electron chi connectivity index (χ4n) is 1.18. The number of carbonyl (C=O) groups is 2. The van der Waals surface area contributed by atoms with Gasteiger partial charge in [-0.3, -0.25) is 9.48 Å². The van der Waals surface area contributed by atoms with Crippen LogP contribution in [0, 0.1) is 5.92 Å². The van der Waals surface area contributed by atoms with Gasteiger partial charge in [0.1, 0.15) is 6.04 Å². The first-order valence-corrected chi connectivity index (χ1v) is 4.81. The molecule has 0 fully saturated rings. The Kier molecular flexibility index (Phi) is 3.60. The number of hydrogen-bond acceptors (Lipinski definition) is 4. The van der Waals surface area contributed by atoms with Crippen molar-refractivity contribution in [1.82, 2.24) is 20.3 Å². The predicted molar refractivity (Wildman–Crippen MR) is 54.7 cm³/mol. The van der Waals surface area contributed by atoms with Crippen LogP contribution in [0.15, 0.2) is 6.20 Å². The molecule has 1 rings (SSSR count). The fraction of sp³-hybridized carbons (Fsp3) is 0.556. The third-order valence-electron chi connectivity index (χ3n) is 2.05. The molecule has 0 radical (unpaired) electrons. The molecule has 0 saturated heterocycles. The molecule has 1 aromatic rings. The number of carbonyl (C=O) groups excluding carboxylic acids is 1. The second kappa shape index (κ2) is 4.73. The van der Waals surface area contributed by atoms with Gasteiger partial charge in [-0.1, -0.05) is 19.1 Å². The molecule has 1 unspecified atom stereocenters. The maximum absolute atomic E-state index is 11.6. The maximum Gasteiger partial charge on any atom is 0.326 e. The molecule has 7 heteroatoms. The van der Waals surface area contributed by atoms with E-state index in [-0.39, 0.29) is 11.6 Å². The summed E-state index contributed by atoms with van der Waals surface area (Å²) in [7, 11) is 1.63. The van der Waals surface area contributed by atoms with E-state index in [0.29, 0.717) is 0 Å². The molecule has 16 heavy (non-hydrogen) atoms. The van der Waals surface area contributed by atoms with E-state index in [1.54, 1.807) is 20.9 Å². The lowest BCUT2D eigenvalue weighted by Gasteiger charge is -2.16. The number of hydrogen-bond donors (Lipinski definition) is 2. The highest BCUT2D eigenvalue weighted by atomic mass is 16.4. The third-order valence-corrected chi connectivity index (χ3v) is 2.05. The van der Waals surface area contributed by atoms with Crippen LogP contribution in [0.25, 0.3) is 0 Å². The summed E-state index contributed by atoms with van der Waals surface area (Å²) in [4.78, 5) is 22.4. The van der Waals surface area contributed by atoms with Crippen molar-refractivity contribution in [2.75, 3.05) is 0 Å². The number of aromatic nitrogens is 3. The number of rotatable bonds is 4. The van der Waals surface area contributed by atoms with Crippen molar-refractivity contribution >= 4 is 11.9 Å². The molecule has 0 aromatic carbocycles. The van der Waals surface area contributed by atoms with Crippen LogP contribution in [0.1, 0.15) is 24.3 Å². The molecule has 0 aliphatic heterocycles. The van der Waals surface area contributed by atoms with E-state index < -0.39 is 17.9 Å². The van der Waals surface area contributed by atoms with Gasteiger partial charge in [-0.05, 0) is 5.92 Å². The average molecular weight is 226 g/mol. The number of carboxylic acids is 1. The van der Waals surface area contributed by atoms with Crippen molar-refractivity contribution in [3.8, 4) is 0 Å². The van der Waals surface area contributed by atoms with Crippen LogP contribution < -0.4 is 5.32 Å². The topological polar surface area (TPSA) is 97.1 Å². The Morgan fingerprint density at radius 2 is 2.12 bits per heavy atom.